The van der Waals surface area contributed by atoms with E-state index in [0.29, 0.717) is 18.5 Å². The smallest absolute Gasteiger partial charge is 0.244 e. The molecule has 0 fully saturated rings. The maximum Gasteiger partial charge on any atom is 0.244 e. The van der Waals surface area contributed by atoms with Crippen LogP contribution >= 0.6 is 0 Å². The third-order valence-electron chi connectivity index (χ3n) is 4.98. The van der Waals surface area contributed by atoms with Crippen molar-refractivity contribution in [2.45, 2.75) is 24.3 Å². The number of aromatic nitrogens is 1. The first-order valence-corrected chi connectivity index (χ1v) is 10.2. The lowest BCUT2D eigenvalue weighted by Gasteiger charge is -2.37. The maximum absolute atomic E-state index is 13.5. The fourth-order valence-electron chi connectivity index (χ4n) is 3.72. The minimum atomic E-state index is -3.80. The van der Waals surface area contributed by atoms with E-state index < -0.39 is 21.9 Å². The minimum absolute atomic E-state index is 0.141. The van der Waals surface area contributed by atoms with Gasteiger partial charge in [0.1, 0.15) is 5.82 Å². The average molecular weight is 382 g/mol. The summed E-state index contributed by atoms with van der Waals surface area (Å²) in [5.74, 6) is -0.443. The minimum Gasteiger partial charge on any atom is -0.265 e. The predicted octanol–water partition coefficient (Wildman–Crippen LogP) is 3.87. The number of hydrogen-bond acceptors (Lipinski definition) is 3. The van der Waals surface area contributed by atoms with Crippen molar-refractivity contribution < 1.29 is 12.8 Å². The average Bonchev–Trinajstić information content (AvgIpc) is 2.67. The van der Waals surface area contributed by atoms with Crippen molar-refractivity contribution >= 4 is 10.0 Å². The summed E-state index contributed by atoms with van der Waals surface area (Å²) in [5.41, 5.74) is 3.38. The zero-order valence-electron chi connectivity index (χ0n) is 14.8. The first kappa shape index (κ1) is 17.8. The third-order valence-corrected chi connectivity index (χ3v) is 7.01. The Balaban J connectivity index is 1.88. The summed E-state index contributed by atoms with van der Waals surface area (Å²) in [6.07, 6.45) is 3.97. The molecule has 2 heterocycles. The van der Waals surface area contributed by atoms with E-state index in [1.807, 2.05) is 36.4 Å². The molecule has 1 unspecified atom stereocenters. The number of hydrogen-bond donors (Lipinski definition) is 0. The Kier molecular flexibility index (Phi) is 4.53. The molecule has 0 bridgehead atoms. The first-order chi connectivity index (χ1) is 13.0. The number of pyridine rings is 1. The van der Waals surface area contributed by atoms with Crippen LogP contribution in [-0.2, 0) is 16.4 Å². The predicted molar refractivity (Wildman–Crippen MR) is 101 cm³/mol. The molecule has 138 valence electrons. The van der Waals surface area contributed by atoms with Gasteiger partial charge in [-0.1, -0.05) is 24.3 Å². The highest BCUT2D eigenvalue weighted by Crippen LogP contribution is 2.38. The molecule has 0 saturated carbocycles. The normalized spacial score (nSPS) is 17.5. The van der Waals surface area contributed by atoms with Gasteiger partial charge in [-0.2, -0.15) is 4.31 Å². The standard InChI is InChI=1S/C21H19FN2O2S/c1-15-14-18(22)6-7-20(15)27(25,26)24-13-10-16-4-2-3-5-19(16)21(24)17-8-11-23-12-9-17/h2-9,11-12,14,21H,10,13H2,1H3. The van der Waals surface area contributed by atoms with Crippen LogP contribution in [-0.4, -0.2) is 24.3 Å². The van der Waals surface area contributed by atoms with Gasteiger partial charge in [0.2, 0.25) is 10.0 Å². The molecule has 1 atom stereocenters. The Labute approximate surface area is 158 Å². The molecule has 27 heavy (non-hydrogen) atoms. The summed E-state index contributed by atoms with van der Waals surface area (Å²) in [6.45, 7) is 1.98. The Hall–Kier alpha value is -2.57. The van der Waals surface area contributed by atoms with Crippen LogP contribution in [0.4, 0.5) is 4.39 Å². The molecule has 0 amide bonds. The molecule has 0 spiro atoms. The van der Waals surface area contributed by atoms with Gasteiger partial charge in [-0.05, 0) is 65.9 Å². The molecule has 2 aromatic carbocycles. The highest BCUT2D eigenvalue weighted by atomic mass is 32.2. The fraction of sp³-hybridized carbons (Fsp3) is 0.190. The number of rotatable bonds is 3. The van der Waals surface area contributed by atoms with Crippen molar-refractivity contribution in [3.63, 3.8) is 0 Å². The second kappa shape index (κ2) is 6.87. The molecule has 0 radical (unpaired) electrons. The molecule has 3 aromatic rings. The molecule has 1 aromatic heterocycles. The van der Waals surface area contributed by atoms with E-state index >= 15 is 0 Å². The number of aryl methyl sites for hydroxylation is 1. The number of fused-ring (bicyclic) bond motifs is 1. The number of sulfonamides is 1. The SMILES string of the molecule is Cc1cc(F)ccc1S(=O)(=O)N1CCc2ccccc2C1c1ccncc1. The lowest BCUT2D eigenvalue weighted by molar-refractivity contribution is 0.343. The van der Waals surface area contributed by atoms with Gasteiger partial charge in [0.15, 0.2) is 0 Å². The van der Waals surface area contributed by atoms with Crippen molar-refractivity contribution in [2.75, 3.05) is 6.54 Å². The van der Waals surface area contributed by atoms with E-state index in [2.05, 4.69) is 4.98 Å². The van der Waals surface area contributed by atoms with E-state index in [1.54, 1.807) is 19.3 Å². The van der Waals surface area contributed by atoms with Crippen LogP contribution in [0.2, 0.25) is 0 Å². The lowest BCUT2D eigenvalue weighted by atomic mass is 9.90. The van der Waals surface area contributed by atoms with Gasteiger partial charge in [-0.3, -0.25) is 4.98 Å². The number of benzene rings is 2. The van der Waals surface area contributed by atoms with Crippen LogP contribution in [0.25, 0.3) is 0 Å². The Morgan fingerprint density at radius 1 is 1.07 bits per heavy atom. The second-order valence-electron chi connectivity index (χ2n) is 6.66. The second-order valence-corrected chi connectivity index (χ2v) is 8.52. The van der Waals surface area contributed by atoms with E-state index in [0.717, 1.165) is 16.7 Å². The van der Waals surface area contributed by atoms with E-state index in [-0.39, 0.29) is 4.90 Å². The highest BCUT2D eigenvalue weighted by molar-refractivity contribution is 7.89. The van der Waals surface area contributed by atoms with Gasteiger partial charge in [0, 0.05) is 18.9 Å². The van der Waals surface area contributed by atoms with Gasteiger partial charge in [-0.25, -0.2) is 12.8 Å². The Bertz CT molecular complexity index is 1080. The summed E-state index contributed by atoms with van der Waals surface area (Å²) in [5, 5.41) is 0. The van der Waals surface area contributed by atoms with Crippen molar-refractivity contribution in [1.29, 1.82) is 0 Å². The third kappa shape index (κ3) is 3.15. The van der Waals surface area contributed by atoms with E-state index in [1.165, 1.54) is 22.5 Å². The van der Waals surface area contributed by atoms with E-state index in [4.69, 9.17) is 0 Å². The summed E-state index contributed by atoms with van der Waals surface area (Å²) >= 11 is 0. The highest BCUT2D eigenvalue weighted by Gasteiger charge is 2.37. The lowest BCUT2D eigenvalue weighted by Crippen LogP contribution is -2.40. The molecular weight excluding hydrogens is 363 g/mol. The van der Waals surface area contributed by atoms with Gasteiger partial charge in [0.05, 0.1) is 10.9 Å². The fourth-order valence-corrected chi connectivity index (χ4v) is 5.53. The van der Waals surface area contributed by atoms with Crippen molar-refractivity contribution in [3.8, 4) is 0 Å². The maximum atomic E-state index is 13.5. The molecule has 0 saturated heterocycles. The van der Waals surface area contributed by atoms with Crippen LogP contribution in [0, 0.1) is 12.7 Å². The number of nitrogens with zero attached hydrogens (tertiary/aromatic N) is 2. The summed E-state index contributed by atoms with van der Waals surface area (Å²) in [4.78, 5) is 4.20. The van der Waals surface area contributed by atoms with E-state index in [9.17, 15) is 12.8 Å². The molecular formula is C21H19FN2O2S. The molecule has 1 aliphatic heterocycles. The zero-order chi connectivity index (χ0) is 19.0. The van der Waals surface area contributed by atoms with Crippen molar-refractivity contribution in [1.82, 2.24) is 9.29 Å². The van der Waals surface area contributed by atoms with Crippen LogP contribution in [0.3, 0.4) is 0 Å². The molecule has 4 rings (SSSR count). The van der Waals surface area contributed by atoms with Gasteiger partial charge >= 0.3 is 0 Å². The van der Waals surface area contributed by atoms with Crippen LogP contribution in [0.1, 0.15) is 28.3 Å². The summed E-state index contributed by atoms with van der Waals surface area (Å²) in [7, 11) is -3.80. The summed E-state index contributed by atoms with van der Waals surface area (Å²) < 4.78 is 42.0. The first-order valence-electron chi connectivity index (χ1n) is 8.74. The molecule has 0 aliphatic carbocycles. The topological polar surface area (TPSA) is 50.3 Å². The van der Waals surface area contributed by atoms with Crippen LogP contribution in [0.15, 0.2) is 71.9 Å². The monoisotopic (exact) mass is 382 g/mol. The number of halogens is 1. The Morgan fingerprint density at radius 2 is 1.81 bits per heavy atom. The molecule has 4 nitrogen and oxygen atoms in total. The molecule has 6 heteroatoms. The van der Waals surface area contributed by atoms with Crippen molar-refractivity contribution in [3.05, 3.63) is 95.1 Å². The summed E-state index contributed by atoms with van der Waals surface area (Å²) in [6, 6.07) is 14.9. The van der Waals surface area contributed by atoms with Gasteiger partial charge < -0.3 is 0 Å². The van der Waals surface area contributed by atoms with Gasteiger partial charge in [-0.15, -0.1) is 0 Å². The Morgan fingerprint density at radius 3 is 2.56 bits per heavy atom. The molecule has 1 aliphatic rings. The van der Waals surface area contributed by atoms with Crippen LogP contribution < -0.4 is 0 Å². The van der Waals surface area contributed by atoms with Crippen molar-refractivity contribution in [2.24, 2.45) is 0 Å². The largest absolute Gasteiger partial charge is 0.265 e. The quantitative estimate of drug-likeness (QED) is 0.691. The zero-order valence-corrected chi connectivity index (χ0v) is 15.7. The van der Waals surface area contributed by atoms with Gasteiger partial charge in [0.25, 0.3) is 0 Å². The van der Waals surface area contributed by atoms with Crippen LogP contribution in [0.5, 0.6) is 0 Å². The molecule has 0 N–H and O–H groups in total.